The predicted octanol–water partition coefficient (Wildman–Crippen LogP) is 8.46. The minimum absolute atomic E-state index is 0.0224. The quantitative estimate of drug-likeness (QED) is 0.131. The molecule has 8 fully saturated rings. The van der Waals surface area contributed by atoms with Gasteiger partial charge in [0, 0.05) is 48.7 Å². The first-order valence-electron chi connectivity index (χ1n) is 19.2. The average Bonchev–Trinajstić information content (AvgIpc) is 3.14. The molecule has 2 spiro atoms. The Kier molecular flexibility index (Phi) is 9.18. The van der Waals surface area contributed by atoms with Crippen LogP contribution in [0.5, 0.6) is 0 Å². The number of allylic oxidation sites excluding steroid dienone is 1. The SMILES string of the molecule is C[C@@H]1CC[C@H]2[C@@H](C)[C@](OCCCCCOCC3=C(C(F)(F)F)O[C@@H]4O[C@]5(C)CC[C@H]6[C@H](C)CC[C@@H]3[C@@]46OO5)(C(F)(F)F)O[C@@H]3O[C@]4(C)CC[C@@H]1[C@]32O4. The fraction of sp³-hybridized carbons (Fsp3) is 0.946. The molecule has 14 atom stereocenters. The van der Waals surface area contributed by atoms with Crippen molar-refractivity contribution in [1.29, 1.82) is 0 Å². The van der Waals surface area contributed by atoms with Gasteiger partial charge in [-0.25, -0.2) is 9.78 Å². The largest absolute Gasteiger partial charge is 0.456 e. The minimum Gasteiger partial charge on any atom is -0.456 e. The standard InChI is InChI=1S/C37H52F6O9/c1-20-9-11-26-22(3)35(37(41,42)43,49-30-33(26)24(20)13-15-31(4,48-30)50-33)45-18-8-6-7-17-44-19-23-27-12-10-21(2)25-14-16-32(5)47-29(34(25,27)52-51-32)46-28(23)36(38,39)40/h20-22,24-27,29-30H,6-19H2,1-5H3/t20-,21-,22-,24+,25+,26+,27+,29-,30+,31+,32+,33-,34-,35-/m1/s1. The number of halogens is 6. The third-order valence-corrected chi connectivity index (χ3v) is 14.1. The molecule has 0 aromatic rings. The van der Waals surface area contributed by atoms with E-state index in [0.29, 0.717) is 51.4 Å². The van der Waals surface area contributed by atoms with Crippen molar-refractivity contribution in [2.24, 2.45) is 41.4 Å². The molecule has 2 saturated carbocycles. The van der Waals surface area contributed by atoms with E-state index in [1.807, 2.05) is 0 Å². The van der Waals surface area contributed by atoms with E-state index in [1.165, 1.54) is 0 Å². The number of fused-ring (bicyclic) bond motifs is 3. The van der Waals surface area contributed by atoms with E-state index in [-0.39, 0.29) is 55.5 Å². The molecule has 0 aromatic heterocycles. The molecule has 15 heteroatoms. The Morgan fingerprint density at radius 1 is 0.692 bits per heavy atom. The summed E-state index contributed by atoms with van der Waals surface area (Å²) < 4.78 is 130. The highest BCUT2D eigenvalue weighted by Crippen LogP contribution is 2.67. The Hall–Kier alpha value is -1.20. The highest BCUT2D eigenvalue weighted by Gasteiger charge is 2.78. The van der Waals surface area contributed by atoms with E-state index in [9.17, 15) is 13.2 Å². The molecular weight excluding hydrogens is 702 g/mol. The van der Waals surface area contributed by atoms with Crippen LogP contribution in [0.3, 0.4) is 0 Å². The number of hydrogen-bond donors (Lipinski definition) is 0. The summed E-state index contributed by atoms with van der Waals surface area (Å²) in [5.74, 6) is -8.01. The molecule has 9 aliphatic rings. The molecule has 6 saturated heterocycles. The van der Waals surface area contributed by atoms with E-state index in [0.717, 1.165) is 12.8 Å². The van der Waals surface area contributed by atoms with E-state index in [1.54, 1.807) is 20.8 Å². The van der Waals surface area contributed by atoms with Crippen LogP contribution in [-0.2, 0) is 42.9 Å². The first-order chi connectivity index (χ1) is 24.4. The molecule has 0 N–H and O–H groups in total. The first kappa shape index (κ1) is 37.7. The lowest BCUT2D eigenvalue weighted by Gasteiger charge is -2.61. The Morgan fingerprint density at radius 3 is 2.06 bits per heavy atom. The molecule has 52 heavy (non-hydrogen) atoms. The molecule has 0 radical (unpaired) electrons. The van der Waals surface area contributed by atoms with E-state index in [4.69, 9.17) is 42.9 Å². The summed E-state index contributed by atoms with van der Waals surface area (Å²) in [6.07, 6.45) is -5.97. The van der Waals surface area contributed by atoms with Crippen molar-refractivity contribution in [3.63, 3.8) is 0 Å². The Morgan fingerprint density at radius 2 is 1.35 bits per heavy atom. The zero-order valence-electron chi connectivity index (χ0n) is 30.5. The van der Waals surface area contributed by atoms with Gasteiger partial charge in [-0.05, 0) is 89.4 Å². The molecule has 7 heterocycles. The molecule has 9 rings (SSSR count). The van der Waals surface area contributed by atoms with Crippen molar-refractivity contribution in [1.82, 2.24) is 0 Å². The number of ether oxygens (including phenoxy) is 7. The molecular formula is C37H52F6O9. The van der Waals surface area contributed by atoms with Crippen LogP contribution in [0.15, 0.2) is 11.3 Å². The molecule has 2 aliphatic carbocycles. The number of hydrogen-bond acceptors (Lipinski definition) is 9. The van der Waals surface area contributed by atoms with Crippen LogP contribution >= 0.6 is 0 Å². The van der Waals surface area contributed by atoms with Gasteiger partial charge in [-0.2, -0.15) is 26.3 Å². The zero-order chi connectivity index (χ0) is 37.1. The van der Waals surface area contributed by atoms with Crippen molar-refractivity contribution in [3.8, 4) is 0 Å². The number of alkyl halides is 6. The van der Waals surface area contributed by atoms with Crippen molar-refractivity contribution in [2.75, 3.05) is 19.8 Å². The van der Waals surface area contributed by atoms with Crippen LogP contribution in [-0.4, -0.2) is 73.3 Å². The zero-order valence-corrected chi connectivity index (χ0v) is 30.5. The smallest absolute Gasteiger partial charge is 0.449 e. The molecule has 7 aliphatic heterocycles. The molecule has 0 amide bonds. The Balaban J connectivity index is 0.901. The lowest BCUT2D eigenvalue weighted by molar-refractivity contribution is -0.557. The second-order valence-electron chi connectivity index (χ2n) is 17.2. The van der Waals surface area contributed by atoms with Crippen LogP contribution in [0, 0.1) is 41.4 Å². The Bertz CT molecular complexity index is 1410. The molecule has 4 bridgehead atoms. The van der Waals surface area contributed by atoms with Crippen molar-refractivity contribution < 1.29 is 69.3 Å². The highest BCUT2D eigenvalue weighted by molar-refractivity contribution is 5.28. The monoisotopic (exact) mass is 754 g/mol. The summed E-state index contributed by atoms with van der Waals surface area (Å²) in [6, 6.07) is 0. The van der Waals surface area contributed by atoms with E-state index >= 15 is 13.2 Å². The summed E-state index contributed by atoms with van der Waals surface area (Å²) in [4.78, 5) is 11.7. The fourth-order valence-corrected chi connectivity index (χ4v) is 11.5. The van der Waals surface area contributed by atoms with Gasteiger partial charge in [-0.3, -0.25) is 0 Å². The minimum atomic E-state index is -4.83. The molecule has 9 nitrogen and oxygen atoms in total. The summed E-state index contributed by atoms with van der Waals surface area (Å²) in [5, 5.41) is 0. The van der Waals surface area contributed by atoms with Gasteiger partial charge in [0.15, 0.2) is 17.7 Å². The van der Waals surface area contributed by atoms with Gasteiger partial charge in [0.2, 0.25) is 17.8 Å². The van der Waals surface area contributed by atoms with E-state index in [2.05, 4.69) is 13.8 Å². The van der Waals surface area contributed by atoms with E-state index < -0.39 is 77.0 Å². The first-order valence-corrected chi connectivity index (χ1v) is 19.2. The van der Waals surface area contributed by atoms with Crippen molar-refractivity contribution in [2.45, 2.75) is 159 Å². The molecule has 0 unspecified atom stereocenters. The fourth-order valence-electron chi connectivity index (χ4n) is 11.5. The van der Waals surface area contributed by atoms with Gasteiger partial charge < -0.3 is 33.2 Å². The maximum atomic E-state index is 15.0. The van der Waals surface area contributed by atoms with Gasteiger partial charge in [0.25, 0.3) is 5.79 Å². The van der Waals surface area contributed by atoms with Gasteiger partial charge in [0.1, 0.15) is 5.60 Å². The maximum absolute atomic E-state index is 15.0. The number of rotatable bonds is 9. The van der Waals surface area contributed by atoms with Crippen LogP contribution in [0.4, 0.5) is 26.3 Å². The summed E-state index contributed by atoms with van der Waals surface area (Å²) in [7, 11) is 0. The molecule has 0 aromatic carbocycles. The third-order valence-electron chi connectivity index (χ3n) is 14.1. The van der Waals surface area contributed by atoms with Crippen molar-refractivity contribution in [3.05, 3.63) is 11.3 Å². The summed E-state index contributed by atoms with van der Waals surface area (Å²) in [6.45, 7) is 8.71. The van der Waals surface area contributed by atoms with Crippen molar-refractivity contribution >= 4 is 0 Å². The topological polar surface area (TPSA) is 83.1 Å². The molecule has 296 valence electrons. The Labute approximate surface area is 300 Å². The van der Waals surface area contributed by atoms with Crippen LogP contribution in [0.2, 0.25) is 0 Å². The lowest BCUT2D eigenvalue weighted by Crippen LogP contribution is -2.72. The summed E-state index contributed by atoms with van der Waals surface area (Å²) in [5.41, 5.74) is -2.19. The van der Waals surface area contributed by atoms with Gasteiger partial charge in [0.05, 0.1) is 13.2 Å². The highest BCUT2D eigenvalue weighted by atomic mass is 19.4. The van der Waals surface area contributed by atoms with Gasteiger partial charge >= 0.3 is 12.4 Å². The summed E-state index contributed by atoms with van der Waals surface area (Å²) >= 11 is 0. The third kappa shape index (κ3) is 5.55. The van der Waals surface area contributed by atoms with Crippen LogP contribution in [0.25, 0.3) is 0 Å². The van der Waals surface area contributed by atoms with Gasteiger partial charge in [-0.1, -0.05) is 20.8 Å². The second kappa shape index (κ2) is 12.7. The number of unbranched alkanes of at least 4 members (excludes halogenated alkanes) is 2. The normalized spacial score (nSPS) is 49.6. The maximum Gasteiger partial charge on any atom is 0.449 e. The lowest BCUT2D eigenvalue weighted by atomic mass is 9.56. The van der Waals surface area contributed by atoms with Crippen LogP contribution < -0.4 is 0 Å². The second-order valence-corrected chi connectivity index (χ2v) is 17.2. The average molecular weight is 755 g/mol. The predicted molar refractivity (Wildman–Crippen MR) is 168 cm³/mol. The van der Waals surface area contributed by atoms with Crippen LogP contribution in [0.1, 0.15) is 105 Å². The van der Waals surface area contributed by atoms with Gasteiger partial charge in [-0.15, -0.1) is 0 Å².